The van der Waals surface area contributed by atoms with Gasteiger partial charge in [0.15, 0.2) is 0 Å². The number of methoxy groups -OCH3 is 1. The van der Waals surface area contributed by atoms with Gasteiger partial charge >= 0.3 is 5.97 Å². The summed E-state index contributed by atoms with van der Waals surface area (Å²) in [5.41, 5.74) is 0. The van der Waals surface area contributed by atoms with Crippen LogP contribution in [0.4, 0.5) is 0 Å². The second kappa shape index (κ2) is 8.11. The Labute approximate surface area is 124 Å². The van der Waals surface area contributed by atoms with Crippen LogP contribution in [0.1, 0.15) is 26.2 Å². The average molecular weight is 319 g/mol. The number of carboxylic acids is 1. The highest BCUT2D eigenvalue weighted by molar-refractivity contribution is 7.89. The Morgan fingerprint density at radius 1 is 1.57 bits per heavy atom. The van der Waals surface area contributed by atoms with E-state index >= 15 is 0 Å². The normalized spacial score (nSPS) is 13.2. The van der Waals surface area contributed by atoms with E-state index in [1.807, 2.05) is 6.92 Å². The molecule has 0 saturated heterocycles. The molecular weight excluding hydrogens is 298 g/mol. The predicted octanol–water partition coefficient (Wildman–Crippen LogP) is 0.451. The summed E-state index contributed by atoms with van der Waals surface area (Å²) >= 11 is 0. The van der Waals surface area contributed by atoms with Crippen molar-refractivity contribution in [3.8, 4) is 0 Å². The van der Waals surface area contributed by atoms with Crippen LogP contribution in [0, 0.1) is 0 Å². The first-order chi connectivity index (χ1) is 9.89. The lowest BCUT2D eigenvalue weighted by molar-refractivity contribution is -0.137. The number of ether oxygens (including phenoxy) is 1. The van der Waals surface area contributed by atoms with Crippen molar-refractivity contribution in [2.75, 3.05) is 13.7 Å². The standard InChI is InChI=1S/C12H21N3O5S/c1-3-4-10(9-20-2)14-21(18,19)11-7-13-15(8-11)6-5-12(16)17/h7-8,10,14H,3-6,9H2,1-2H3,(H,16,17). The number of nitrogens with one attached hydrogen (secondary N) is 1. The Balaban J connectivity index is 2.75. The lowest BCUT2D eigenvalue weighted by Crippen LogP contribution is -2.37. The highest BCUT2D eigenvalue weighted by Gasteiger charge is 2.21. The van der Waals surface area contributed by atoms with E-state index < -0.39 is 16.0 Å². The highest BCUT2D eigenvalue weighted by atomic mass is 32.2. The first kappa shape index (κ1) is 17.6. The number of hydrogen-bond donors (Lipinski definition) is 2. The van der Waals surface area contributed by atoms with Crippen LogP contribution in [-0.2, 0) is 26.1 Å². The Kier molecular flexibility index (Phi) is 6.79. The zero-order chi connectivity index (χ0) is 15.9. The monoisotopic (exact) mass is 319 g/mol. The molecular formula is C12H21N3O5S. The quantitative estimate of drug-likeness (QED) is 0.648. The van der Waals surface area contributed by atoms with Crippen molar-refractivity contribution in [2.45, 2.75) is 43.7 Å². The number of hydrogen-bond acceptors (Lipinski definition) is 5. The van der Waals surface area contributed by atoms with Crippen LogP contribution in [-0.4, -0.2) is 49.0 Å². The number of aryl methyl sites for hydroxylation is 1. The van der Waals surface area contributed by atoms with Gasteiger partial charge in [-0.25, -0.2) is 13.1 Å². The summed E-state index contributed by atoms with van der Waals surface area (Å²) in [4.78, 5) is 10.5. The van der Waals surface area contributed by atoms with Crippen LogP contribution >= 0.6 is 0 Å². The first-order valence-corrected chi connectivity index (χ1v) is 8.13. The molecule has 0 aliphatic rings. The topological polar surface area (TPSA) is 111 Å². The number of carbonyl (C=O) groups is 1. The summed E-state index contributed by atoms with van der Waals surface area (Å²) in [6.07, 6.45) is 3.91. The molecule has 1 atom stereocenters. The van der Waals surface area contributed by atoms with E-state index in [4.69, 9.17) is 9.84 Å². The molecule has 9 heteroatoms. The molecule has 21 heavy (non-hydrogen) atoms. The lowest BCUT2D eigenvalue weighted by Gasteiger charge is -2.16. The molecule has 0 aromatic carbocycles. The number of rotatable bonds is 10. The summed E-state index contributed by atoms with van der Waals surface area (Å²) in [7, 11) is -2.17. The second-order valence-corrected chi connectivity index (χ2v) is 6.36. The van der Waals surface area contributed by atoms with Crippen molar-refractivity contribution in [3.63, 3.8) is 0 Å². The van der Waals surface area contributed by atoms with Crippen molar-refractivity contribution < 1.29 is 23.1 Å². The fourth-order valence-electron chi connectivity index (χ4n) is 1.83. The predicted molar refractivity (Wildman–Crippen MR) is 75.4 cm³/mol. The molecule has 2 N–H and O–H groups in total. The molecule has 1 unspecified atom stereocenters. The molecule has 0 aliphatic heterocycles. The SMILES string of the molecule is CCCC(COC)NS(=O)(=O)c1cnn(CCC(=O)O)c1. The maximum atomic E-state index is 12.2. The molecule has 0 amide bonds. The number of sulfonamides is 1. The molecule has 0 fully saturated rings. The maximum Gasteiger partial charge on any atom is 0.305 e. The van der Waals surface area contributed by atoms with Gasteiger partial charge in [0.1, 0.15) is 4.90 Å². The largest absolute Gasteiger partial charge is 0.481 e. The fourth-order valence-corrected chi connectivity index (χ4v) is 3.04. The minimum absolute atomic E-state index is 0.0186. The Hall–Kier alpha value is -1.45. The van der Waals surface area contributed by atoms with Crippen molar-refractivity contribution in [2.24, 2.45) is 0 Å². The third kappa shape index (κ3) is 5.82. The molecule has 1 aromatic heterocycles. The zero-order valence-electron chi connectivity index (χ0n) is 12.2. The molecule has 8 nitrogen and oxygen atoms in total. The molecule has 0 saturated carbocycles. The molecule has 0 spiro atoms. The fraction of sp³-hybridized carbons (Fsp3) is 0.667. The lowest BCUT2D eigenvalue weighted by atomic mass is 10.2. The minimum atomic E-state index is -3.68. The number of aromatic nitrogens is 2. The van der Waals surface area contributed by atoms with Crippen LogP contribution in [0.5, 0.6) is 0 Å². The number of aliphatic carboxylic acids is 1. The molecule has 120 valence electrons. The van der Waals surface area contributed by atoms with E-state index in [9.17, 15) is 13.2 Å². The smallest absolute Gasteiger partial charge is 0.305 e. The summed E-state index contributed by atoms with van der Waals surface area (Å²) in [6.45, 7) is 2.38. The molecule has 1 heterocycles. The summed E-state index contributed by atoms with van der Waals surface area (Å²) in [5, 5.41) is 12.4. The van der Waals surface area contributed by atoms with Gasteiger partial charge in [-0.05, 0) is 6.42 Å². The van der Waals surface area contributed by atoms with Gasteiger partial charge in [-0.1, -0.05) is 13.3 Å². The Morgan fingerprint density at radius 3 is 2.86 bits per heavy atom. The van der Waals surface area contributed by atoms with E-state index in [2.05, 4.69) is 9.82 Å². The summed E-state index contributed by atoms with van der Waals surface area (Å²) < 4.78 is 33.3. The number of carboxylic acid groups (broad SMARTS) is 1. The Bertz CT molecular complexity index is 549. The van der Waals surface area contributed by atoms with Crippen LogP contribution in [0.15, 0.2) is 17.3 Å². The molecule has 1 aromatic rings. The molecule has 1 rings (SSSR count). The van der Waals surface area contributed by atoms with Crippen LogP contribution in [0.3, 0.4) is 0 Å². The minimum Gasteiger partial charge on any atom is -0.481 e. The van der Waals surface area contributed by atoms with Crippen molar-refractivity contribution in [3.05, 3.63) is 12.4 Å². The molecule has 0 radical (unpaired) electrons. The van der Waals surface area contributed by atoms with Gasteiger partial charge in [-0.15, -0.1) is 0 Å². The summed E-state index contributed by atoms with van der Waals surface area (Å²) in [5.74, 6) is -0.962. The van der Waals surface area contributed by atoms with Gasteiger partial charge in [0.25, 0.3) is 0 Å². The molecule has 0 aliphatic carbocycles. The van der Waals surface area contributed by atoms with Gasteiger partial charge in [-0.3, -0.25) is 9.48 Å². The highest BCUT2D eigenvalue weighted by Crippen LogP contribution is 2.10. The van der Waals surface area contributed by atoms with Gasteiger partial charge in [0.2, 0.25) is 10.0 Å². The van der Waals surface area contributed by atoms with Crippen molar-refractivity contribution in [1.29, 1.82) is 0 Å². The van der Waals surface area contributed by atoms with Crippen LogP contribution in [0.25, 0.3) is 0 Å². The van der Waals surface area contributed by atoms with E-state index in [-0.39, 0.29) is 23.9 Å². The third-order valence-corrected chi connectivity index (χ3v) is 4.28. The van der Waals surface area contributed by atoms with Crippen molar-refractivity contribution >= 4 is 16.0 Å². The molecule has 0 bridgehead atoms. The third-order valence-electron chi connectivity index (χ3n) is 2.80. The van der Waals surface area contributed by atoms with Gasteiger partial charge in [0, 0.05) is 19.3 Å². The summed E-state index contributed by atoms with van der Waals surface area (Å²) in [6, 6.07) is -0.299. The zero-order valence-corrected chi connectivity index (χ0v) is 13.0. The van der Waals surface area contributed by atoms with Gasteiger partial charge in [-0.2, -0.15) is 5.10 Å². The van der Waals surface area contributed by atoms with Gasteiger partial charge in [0.05, 0.1) is 25.8 Å². The van der Waals surface area contributed by atoms with Crippen molar-refractivity contribution in [1.82, 2.24) is 14.5 Å². The van der Waals surface area contributed by atoms with E-state index in [1.165, 1.54) is 24.2 Å². The number of nitrogens with zero attached hydrogens (tertiary/aromatic N) is 2. The van der Waals surface area contributed by atoms with E-state index in [0.717, 1.165) is 6.42 Å². The average Bonchev–Trinajstić information content (AvgIpc) is 2.86. The van der Waals surface area contributed by atoms with Gasteiger partial charge < -0.3 is 9.84 Å². The maximum absolute atomic E-state index is 12.2. The van der Waals surface area contributed by atoms with Crippen LogP contribution in [0.2, 0.25) is 0 Å². The second-order valence-electron chi connectivity index (χ2n) is 4.65. The van der Waals surface area contributed by atoms with E-state index in [0.29, 0.717) is 13.0 Å². The Morgan fingerprint density at radius 2 is 2.29 bits per heavy atom. The van der Waals surface area contributed by atoms with Crippen LogP contribution < -0.4 is 4.72 Å². The van der Waals surface area contributed by atoms with E-state index in [1.54, 1.807) is 0 Å². The first-order valence-electron chi connectivity index (χ1n) is 6.64.